The molecule has 0 aromatic carbocycles. The molecule has 4 heteroatoms. The van der Waals surface area contributed by atoms with Crippen molar-refractivity contribution < 1.29 is 9.53 Å². The van der Waals surface area contributed by atoms with Crippen LogP contribution in [0.25, 0.3) is 0 Å². The molecule has 0 bridgehead atoms. The number of esters is 1. The number of hydrogen-bond acceptors (Lipinski definition) is 4. The maximum Gasteiger partial charge on any atom is 0.327 e. The number of hydrogen-bond donors (Lipinski definition) is 1. The monoisotopic (exact) mass is 270 g/mol. The molecule has 19 heavy (non-hydrogen) atoms. The van der Waals surface area contributed by atoms with Gasteiger partial charge in [0, 0.05) is 12.6 Å². The van der Waals surface area contributed by atoms with Gasteiger partial charge in [-0.1, -0.05) is 13.8 Å². The lowest BCUT2D eigenvalue weighted by Crippen LogP contribution is -2.61. The molecule has 1 aliphatic rings. The first-order valence-electron chi connectivity index (χ1n) is 7.65. The van der Waals surface area contributed by atoms with Crippen LogP contribution < -0.4 is 5.32 Å². The van der Waals surface area contributed by atoms with Gasteiger partial charge < -0.3 is 10.1 Å². The van der Waals surface area contributed by atoms with Crippen molar-refractivity contribution in [1.29, 1.82) is 0 Å². The van der Waals surface area contributed by atoms with E-state index in [4.69, 9.17) is 4.74 Å². The van der Waals surface area contributed by atoms with Gasteiger partial charge in [-0.2, -0.15) is 0 Å². The average molecular weight is 270 g/mol. The van der Waals surface area contributed by atoms with Crippen LogP contribution in [0.4, 0.5) is 0 Å². The van der Waals surface area contributed by atoms with Crippen LogP contribution in [0.15, 0.2) is 0 Å². The molecule has 0 spiro atoms. The summed E-state index contributed by atoms with van der Waals surface area (Å²) in [6.45, 7) is 10.6. The Morgan fingerprint density at radius 2 is 2.05 bits per heavy atom. The Morgan fingerprint density at radius 1 is 1.42 bits per heavy atom. The lowest BCUT2D eigenvalue weighted by molar-refractivity contribution is -0.153. The van der Waals surface area contributed by atoms with E-state index in [2.05, 4.69) is 31.0 Å². The van der Waals surface area contributed by atoms with Gasteiger partial charge in [0.05, 0.1) is 6.61 Å². The molecule has 112 valence electrons. The molecule has 0 radical (unpaired) electrons. The van der Waals surface area contributed by atoms with E-state index < -0.39 is 5.54 Å². The Balaban J connectivity index is 2.86. The van der Waals surface area contributed by atoms with E-state index in [9.17, 15) is 4.79 Å². The van der Waals surface area contributed by atoms with Crippen molar-refractivity contribution in [2.75, 3.05) is 26.7 Å². The van der Waals surface area contributed by atoms with Crippen LogP contribution in [0.5, 0.6) is 0 Å². The summed E-state index contributed by atoms with van der Waals surface area (Å²) in [6.07, 6.45) is 3.34. The fraction of sp³-hybridized carbons (Fsp3) is 0.933. The van der Waals surface area contributed by atoms with E-state index in [0.717, 1.165) is 32.4 Å². The highest BCUT2D eigenvalue weighted by atomic mass is 16.5. The van der Waals surface area contributed by atoms with Gasteiger partial charge in [0.2, 0.25) is 0 Å². The van der Waals surface area contributed by atoms with Crippen LogP contribution in [-0.4, -0.2) is 49.2 Å². The van der Waals surface area contributed by atoms with Crippen molar-refractivity contribution in [1.82, 2.24) is 10.2 Å². The summed E-state index contributed by atoms with van der Waals surface area (Å²) < 4.78 is 5.33. The lowest BCUT2D eigenvalue weighted by Gasteiger charge is -2.38. The summed E-state index contributed by atoms with van der Waals surface area (Å²) in [4.78, 5) is 14.8. The van der Waals surface area contributed by atoms with Gasteiger partial charge in [-0.3, -0.25) is 4.90 Å². The molecule has 1 rings (SSSR count). The van der Waals surface area contributed by atoms with Gasteiger partial charge in [-0.05, 0) is 52.6 Å². The van der Waals surface area contributed by atoms with Gasteiger partial charge >= 0.3 is 5.97 Å². The number of nitrogens with one attached hydrogen (secondary N) is 1. The normalized spacial score (nSPS) is 20.1. The minimum atomic E-state index is -0.518. The van der Waals surface area contributed by atoms with Crippen molar-refractivity contribution >= 4 is 5.97 Å². The van der Waals surface area contributed by atoms with Crippen LogP contribution >= 0.6 is 0 Å². The number of ether oxygens (including phenoxy) is 1. The topological polar surface area (TPSA) is 41.6 Å². The molecular formula is C15H30N2O2. The SMILES string of the molecule is CCOC(=O)C(CN(CC)C(C)CC)(NC)C1CC1. The molecule has 1 saturated carbocycles. The van der Waals surface area contributed by atoms with Crippen molar-refractivity contribution in [2.24, 2.45) is 5.92 Å². The molecule has 2 atom stereocenters. The van der Waals surface area contributed by atoms with E-state index in [0.29, 0.717) is 18.6 Å². The average Bonchev–Trinajstić information content (AvgIpc) is 3.25. The second-order valence-electron chi connectivity index (χ2n) is 5.54. The predicted molar refractivity (Wildman–Crippen MR) is 78.1 cm³/mol. The van der Waals surface area contributed by atoms with Crippen LogP contribution in [0, 0.1) is 5.92 Å². The predicted octanol–water partition coefficient (Wildman–Crippen LogP) is 2.04. The van der Waals surface area contributed by atoms with E-state index in [1.165, 1.54) is 0 Å². The Hall–Kier alpha value is -0.610. The zero-order valence-corrected chi connectivity index (χ0v) is 13.2. The van der Waals surface area contributed by atoms with E-state index in [1.54, 1.807) is 0 Å². The van der Waals surface area contributed by atoms with Gasteiger partial charge in [0.25, 0.3) is 0 Å². The molecule has 0 aromatic heterocycles. The highest BCUT2D eigenvalue weighted by molar-refractivity contribution is 5.82. The first-order valence-corrected chi connectivity index (χ1v) is 7.65. The quantitative estimate of drug-likeness (QED) is 0.651. The standard InChI is InChI=1S/C15H30N2O2/c1-6-12(4)17(7-2)11-15(16-5,13-9-10-13)14(18)19-8-3/h12-13,16H,6-11H2,1-5H3. The number of likely N-dealkylation sites (N-methyl/N-ethyl adjacent to an activating group) is 2. The van der Waals surface area contributed by atoms with Crippen molar-refractivity contribution in [2.45, 2.75) is 58.5 Å². The molecule has 1 fully saturated rings. The molecule has 1 aliphatic carbocycles. The molecule has 0 saturated heterocycles. The molecule has 4 nitrogen and oxygen atoms in total. The third-order valence-corrected chi connectivity index (χ3v) is 4.43. The number of carbonyl (C=O) groups excluding carboxylic acids is 1. The van der Waals surface area contributed by atoms with Crippen LogP contribution in [0.2, 0.25) is 0 Å². The number of carbonyl (C=O) groups is 1. The minimum absolute atomic E-state index is 0.0817. The third kappa shape index (κ3) is 3.69. The second kappa shape index (κ2) is 7.25. The van der Waals surface area contributed by atoms with Crippen molar-refractivity contribution in [3.63, 3.8) is 0 Å². The molecule has 2 unspecified atom stereocenters. The number of nitrogens with zero attached hydrogens (tertiary/aromatic N) is 1. The largest absolute Gasteiger partial charge is 0.465 e. The molecule has 0 amide bonds. The summed E-state index contributed by atoms with van der Waals surface area (Å²) in [5.41, 5.74) is -0.518. The van der Waals surface area contributed by atoms with E-state index in [1.807, 2.05) is 14.0 Å². The maximum atomic E-state index is 12.4. The Kier molecular flexibility index (Phi) is 6.27. The Bertz CT molecular complexity index is 292. The number of rotatable bonds is 9. The highest BCUT2D eigenvalue weighted by Crippen LogP contribution is 2.41. The maximum absolute atomic E-state index is 12.4. The van der Waals surface area contributed by atoms with Crippen LogP contribution in [-0.2, 0) is 9.53 Å². The van der Waals surface area contributed by atoms with Crippen LogP contribution in [0.1, 0.15) is 47.0 Å². The van der Waals surface area contributed by atoms with Crippen molar-refractivity contribution in [3.05, 3.63) is 0 Å². The first kappa shape index (κ1) is 16.4. The van der Waals surface area contributed by atoms with Gasteiger partial charge in [0.15, 0.2) is 0 Å². The Morgan fingerprint density at radius 3 is 2.42 bits per heavy atom. The van der Waals surface area contributed by atoms with Gasteiger partial charge in [-0.15, -0.1) is 0 Å². The van der Waals surface area contributed by atoms with Gasteiger partial charge in [-0.25, -0.2) is 4.79 Å². The van der Waals surface area contributed by atoms with Gasteiger partial charge in [0.1, 0.15) is 5.54 Å². The Labute approximate surface area is 117 Å². The smallest absolute Gasteiger partial charge is 0.327 e. The fourth-order valence-electron chi connectivity index (χ4n) is 2.74. The molecular weight excluding hydrogens is 240 g/mol. The fourth-order valence-corrected chi connectivity index (χ4v) is 2.74. The summed E-state index contributed by atoms with van der Waals surface area (Å²) in [6, 6.07) is 0.492. The molecule has 0 heterocycles. The zero-order chi connectivity index (χ0) is 14.5. The molecule has 0 aromatic rings. The summed E-state index contributed by atoms with van der Waals surface area (Å²) in [7, 11) is 1.89. The van der Waals surface area contributed by atoms with Crippen LogP contribution in [0.3, 0.4) is 0 Å². The summed E-state index contributed by atoms with van der Waals surface area (Å²) >= 11 is 0. The minimum Gasteiger partial charge on any atom is -0.465 e. The zero-order valence-electron chi connectivity index (χ0n) is 13.2. The molecule has 0 aliphatic heterocycles. The van der Waals surface area contributed by atoms with E-state index in [-0.39, 0.29) is 5.97 Å². The van der Waals surface area contributed by atoms with Crippen molar-refractivity contribution in [3.8, 4) is 0 Å². The lowest BCUT2D eigenvalue weighted by atomic mass is 9.91. The molecule has 1 N–H and O–H groups in total. The summed E-state index contributed by atoms with van der Waals surface area (Å²) in [5.74, 6) is 0.344. The highest BCUT2D eigenvalue weighted by Gasteiger charge is 2.52. The summed E-state index contributed by atoms with van der Waals surface area (Å²) in [5, 5.41) is 3.29. The van der Waals surface area contributed by atoms with E-state index >= 15 is 0 Å². The third-order valence-electron chi connectivity index (χ3n) is 4.43. The first-order chi connectivity index (χ1) is 9.05. The second-order valence-corrected chi connectivity index (χ2v) is 5.54.